The number of thiazole rings is 1. The summed E-state index contributed by atoms with van der Waals surface area (Å²) in [6.45, 7) is 0.653. The molecule has 1 aromatic carbocycles. The van der Waals surface area contributed by atoms with Crippen LogP contribution < -0.4 is 5.32 Å². The molecule has 21 heavy (non-hydrogen) atoms. The molecule has 0 fully saturated rings. The maximum atomic E-state index is 13.1. The molecule has 0 aliphatic rings. The maximum Gasteiger partial charge on any atom is 0.123 e. The zero-order chi connectivity index (χ0) is 14.7. The van der Waals surface area contributed by atoms with Gasteiger partial charge in [0.15, 0.2) is 0 Å². The molecule has 0 bridgehead atoms. The predicted octanol–water partition coefficient (Wildman–Crippen LogP) is 2.89. The Morgan fingerprint density at radius 3 is 2.71 bits per heavy atom. The zero-order valence-electron chi connectivity index (χ0n) is 11.5. The summed E-state index contributed by atoms with van der Waals surface area (Å²) in [5.41, 5.74) is 4.85. The summed E-state index contributed by atoms with van der Waals surface area (Å²) >= 11 is 1.57. The summed E-state index contributed by atoms with van der Waals surface area (Å²) < 4.78 is 14.9. The van der Waals surface area contributed by atoms with Crippen molar-refractivity contribution in [2.24, 2.45) is 7.05 Å². The normalized spacial score (nSPS) is 12.5. The number of halogens is 1. The quantitative estimate of drug-likeness (QED) is 0.788. The number of hydrogen-bond acceptors (Lipinski definition) is 4. The van der Waals surface area contributed by atoms with Gasteiger partial charge in [-0.25, -0.2) is 9.37 Å². The van der Waals surface area contributed by atoms with Crippen molar-refractivity contribution < 1.29 is 4.39 Å². The first kappa shape index (κ1) is 13.9. The molecule has 0 unspecified atom stereocenters. The molecular formula is C15H15FN4S. The highest BCUT2D eigenvalue weighted by Gasteiger charge is 2.15. The van der Waals surface area contributed by atoms with Crippen LogP contribution >= 0.6 is 11.3 Å². The number of benzene rings is 1. The summed E-state index contributed by atoms with van der Waals surface area (Å²) in [6, 6.07) is 6.50. The fourth-order valence-electron chi connectivity index (χ4n) is 2.20. The average Bonchev–Trinajstić information content (AvgIpc) is 3.13. The van der Waals surface area contributed by atoms with E-state index >= 15 is 0 Å². The van der Waals surface area contributed by atoms with Gasteiger partial charge in [0, 0.05) is 30.7 Å². The molecule has 3 rings (SSSR count). The van der Waals surface area contributed by atoms with Gasteiger partial charge in [0.05, 0.1) is 23.4 Å². The van der Waals surface area contributed by atoms with E-state index in [-0.39, 0.29) is 11.9 Å². The molecule has 6 heteroatoms. The highest BCUT2D eigenvalue weighted by molar-refractivity contribution is 7.07. The van der Waals surface area contributed by atoms with Gasteiger partial charge >= 0.3 is 0 Å². The Morgan fingerprint density at radius 1 is 1.29 bits per heavy atom. The van der Waals surface area contributed by atoms with E-state index < -0.39 is 0 Å². The third kappa shape index (κ3) is 3.34. The van der Waals surface area contributed by atoms with Crippen molar-refractivity contribution in [2.75, 3.05) is 0 Å². The predicted molar refractivity (Wildman–Crippen MR) is 80.4 cm³/mol. The van der Waals surface area contributed by atoms with Crippen molar-refractivity contribution in [2.45, 2.75) is 12.6 Å². The van der Waals surface area contributed by atoms with Crippen molar-refractivity contribution >= 4 is 11.3 Å². The fraction of sp³-hybridized carbons (Fsp3) is 0.200. The van der Waals surface area contributed by atoms with E-state index in [0.717, 1.165) is 16.8 Å². The molecule has 0 amide bonds. The lowest BCUT2D eigenvalue weighted by atomic mass is 10.0. The molecule has 0 aliphatic heterocycles. The summed E-state index contributed by atoms with van der Waals surface area (Å²) in [4.78, 5) is 4.27. The van der Waals surface area contributed by atoms with E-state index in [1.54, 1.807) is 28.2 Å². The van der Waals surface area contributed by atoms with Gasteiger partial charge in [-0.05, 0) is 17.7 Å². The van der Waals surface area contributed by atoms with Crippen LogP contribution in [0.1, 0.15) is 22.9 Å². The van der Waals surface area contributed by atoms with Crippen molar-refractivity contribution in [3.63, 3.8) is 0 Å². The molecule has 0 aliphatic carbocycles. The Kier molecular flexibility index (Phi) is 4.08. The molecule has 0 spiro atoms. The summed E-state index contributed by atoms with van der Waals surface area (Å²) in [6.07, 6.45) is 3.78. The second kappa shape index (κ2) is 6.15. The topological polar surface area (TPSA) is 42.7 Å². The van der Waals surface area contributed by atoms with Crippen LogP contribution in [0.25, 0.3) is 0 Å². The van der Waals surface area contributed by atoms with Crippen LogP contribution in [0.3, 0.4) is 0 Å². The van der Waals surface area contributed by atoms with Gasteiger partial charge in [0.25, 0.3) is 0 Å². The smallest absolute Gasteiger partial charge is 0.123 e. The molecule has 0 saturated carbocycles. The SMILES string of the molecule is Cn1cc([C@H](NCc2cscn2)c2ccc(F)cc2)cn1. The molecule has 3 aromatic rings. The van der Waals surface area contributed by atoms with E-state index in [2.05, 4.69) is 15.4 Å². The second-order valence-corrected chi connectivity index (χ2v) is 5.51. The van der Waals surface area contributed by atoms with Crippen molar-refractivity contribution in [3.8, 4) is 0 Å². The van der Waals surface area contributed by atoms with Gasteiger partial charge in [-0.15, -0.1) is 11.3 Å². The minimum absolute atomic E-state index is 0.0407. The first-order chi connectivity index (χ1) is 10.2. The Morgan fingerprint density at radius 2 is 2.10 bits per heavy atom. The lowest BCUT2D eigenvalue weighted by Gasteiger charge is -2.17. The van der Waals surface area contributed by atoms with Gasteiger partial charge in [0.2, 0.25) is 0 Å². The van der Waals surface area contributed by atoms with Gasteiger partial charge in [-0.2, -0.15) is 5.10 Å². The Bertz CT molecular complexity index is 691. The van der Waals surface area contributed by atoms with E-state index in [9.17, 15) is 4.39 Å². The molecule has 2 aromatic heterocycles. The molecule has 0 radical (unpaired) electrons. The van der Waals surface area contributed by atoms with Gasteiger partial charge in [-0.1, -0.05) is 12.1 Å². The molecule has 1 N–H and O–H groups in total. The number of nitrogens with one attached hydrogen (secondary N) is 1. The van der Waals surface area contributed by atoms with Crippen molar-refractivity contribution in [3.05, 3.63) is 70.2 Å². The van der Waals surface area contributed by atoms with Crippen LogP contribution in [0.4, 0.5) is 4.39 Å². The van der Waals surface area contributed by atoms with E-state index in [1.807, 2.05) is 30.3 Å². The Labute approximate surface area is 126 Å². The summed E-state index contributed by atoms with van der Waals surface area (Å²) in [5, 5.41) is 9.68. The van der Waals surface area contributed by atoms with Crippen LogP contribution in [-0.2, 0) is 13.6 Å². The Hall–Kier alpha value is -2.05. The van der Waals surface area contributed by atoms with Crippen molar-refractivity contribution in [1.82, 2.24) is 20.1 Å². The first-order valence-electron chi connectivity index (χ1n) is 6.57. The van der Waals surface area contributed by atoms with Crippen LogP contribution in [-0.4, -0.2) is 14.8 Å². The maximum absolute atomic E-state index is 13.1. The zero-order valence-corrected chi connectivity index (χ0v) is 12.3. The fourth-order valence-corrected chi connectivity index (χ4v) is 2.76. The van der Waals surface area contributed by atoms with Crippen LogP contribution in [0, 0.1) is 5.82 Å². The number of aromatic nitrogens is 3. The van der Waals surface area contributed by atoms with Crippen molar-refractivity contribution in [1.29, 1.82) is 0 Å². The molecule has 0 saturated heterocycles. The highest BCUT2D eigenvalue weighted by atomic mass is 32.1. The lowest BCUT2D eigenvalue weighted by molar-refractivity contribution is 0.592. The van der Waals surface area contributed by atoms with E-state index in [4.69, 9.17) is 0 Å². The molecule has 1 atom stereocenters. The minimum atomic E-state index is -0.233. The Balaban J connectivity index is 1.85. The molecular weight excluding hydrogens is 287 g/mol. The summed E-state index contributed by atoms with van der Waals surface area (Å²) in [5.74, 6) is -0.233. The van der Waals surface area contributed by atoms with E-state index in [1.165, 1.54) is 12.1 Å². The molecule has 4 nitrogen and oxygen atoms in total. The standard InChI is InChI=1S/C15H15FN4S/c1-20-8-12(6-19-20)15(11-2-4-13(16)5-3-11)17-7-14-9-21-10-18-14/h2-6,8-10,15,17H,7H2,1H3/t15-/m1/s1. The number of rotatable bonds is 5. The third-order valence-electron chi connectivity index (χ3n) is 3.23. The van der Waals surface area contributed by atoms with Crippen LogP contribution in [0.2, 0.25) is 0 Å². The summed E-state index contributed by atoms with van der Waals surface area (Å²) in [7, 11) is 1.88. The highest BCUT2D eigenvalue weighted by Crippen LogP contribution is 2.22. The van der Waals surface area contributed by atoms with Gasteiger partial charge in [-0.3, -0.25) is 4.68 Å². The molecule has 2 heterocycles. The van der Waals surface area contributed by atoms with Crippen LogP contribution in [0.15, 0.2) is 47.5 Å². The monoisotopic (exact) mass is 302 g/mol. The van der Waals surface area contributed by atoms with Gasteiger partial charge in [0.1, 0.15) is 5.82 Å². The lowest BCUT2D eigenvalue weighted by Crippen LogP contribution is -2.22. The largest absolute Gasteiger partial charge is 0.300 e. The molecule has 108 valence electrons. The van der Waals surface area contributed by atoms with Gasteiger partial charge < -0.3 is 5.32 Å². The number of aryl methyl sites for hydroxylation is 1. The minimum Gasteiger partial charge on any atom is -0.300 e. The third-order valence-corrected chi connectivity index (χ3v) is 3.87. The number of nitrogens with zero attached hydrogens (tertiary/aromatic N) is 3. The second-order valence-electron chi connectivity index (χ2n) is 4.79. The number of hydrogen-bond donors (Lipinski definition) is 1. The van der Waals surface area contributed by atoms with E-state index in [0.29, 0.717) is 6.54 Å². The average molecular weight is 302 g/mol. The first-order valence-corrected chi connectivity index (χ1v) is 7.51. The van der Waals surface area contributed by atoms with Crippen LogP contribution in [0.5, 0.6) is 0 Å².